The molecule has 3 aromatic rings. The molecule has 0 radical (unpaired) electrons. The van der Waals surface area contributed by atoms with Crippen molar-refractivity contribution in [2.24, 2.45) is 4.99 Å². The summed E-state index contributed by atoms with van der Waals surface area (Å²) in [6, 6.07) is 13.4. The number of ether oxygens (including phenoxy) is 2. The zero-order valence-corrected chi connectivity index (χ0v) is 15.9. The molecule has 4 rings (SSSR count). The molecule has 0 spiro atoms. The quantitative estimate of drug-likeness (QED) is 0.755. The number of hydrogen-bond donors (Lipinski definition) is 1. The van der Waals surface area contributed by atoms with Crippen LogP contribution in [0.25, 0.3) is 10.9 Å². The summed E-state index contributed by atoms with van der Waals surface area (Å²) in [6.07, 6.45) is 2.19. The fourth-order valence-corrected chi connectivity index (χ4v) is 3.29. The Morgan fingerprint density at radius 3 is 2.64 bits per heavy atom. The SMILES string of the molecule is COc1ccc(CC2=Nc3cnc4ccccc4c3N(C(C)=O)N2)cc1OC. The number of amides is 1. The van der Waals surface area contributed by atoms with Gasteiger partial charge in [-0.3, -0.25) is 15.2 Å². The molecular formula is C21H20N4O3. The molecule has 7 nitrogen and oxygen atoms in total. The molecule has 28 heavy (non-hydrogen) atoms. The first-order chi connectivity index (χ1) is 13.6. The number of rotatable bonds is 4. The summed E-state index contributed by atoms with van der Waals surface area (Å²) in [4.78, 5) is 21.5. The lowest BCUT2D eigenvalue weighted by atomic mass is 10.1. The third-order valence-corrected chi connectivity index (χ3v) is 4.58. The van der Waals surface area contributed by atoms with Gasteiger partial charge in [-0.25, -0.2) is 10.0 Å². The minimum absolute atomic E-state index is 0.127. The summed E-state index contributed by atoms with van der Waals surface area (Å²) in [5.74, 6) is 1.83. The molecule has 7 heteroatoms. The van der Waals surface area contributed by atoms with Crippen LogP contribution in [0.2, 0.25) is 0 Å². The van der Waals surface area contributed by atoms with Crippen molar-refractivity contribution in [1.82, 2.24) is 10.4 Å². The third-order valence-electron chi connectivity index (χ3n) is 4.58. The van der Waals surface area contributed by atoms with Gasteiger partial charge in [-0.1, -0.05) is 24.3 Å². The number of benzene rings is 2. The number of methoxy groups -OCH3 is 2. The van der Waals surface area contributed by atoms with E-state index < -0.39 is 0 Å². The van der Waals surface area contributed by atoms with E-state index in [1.54, 1.807) is 20.4 Å². The van der Waals surface area contributed by atoms with Gasteiger partial charge >= 0.3 is 0 Å². The second kappa shape index (κ2) is 7.19. The van der Waals surface area contributed by atoms with E-state index in [-0.39, 0.29) is 5.91 Å². The minimum atomic E-state index is -0.127. The van der Waals surface area contributed by atoms with Gasteiger partial charge < -0.3 is 9.47 Å². The molecule has 1 aromatic heterocycles. The van der Waals surface area contributed by atoms with Gasteiger partial charge in [0.15, 0.2) is 11.5 Å². The Hall–Kier alpha value is -3.61. The van der Waals surface area contributed by atoms with Gasteiger partial charge in [-0.15, -0.1) is 0 Å². The van der Waals surface area contributed by atoms with Gasteiger partial charge in [0.05, 0.1) is 25.9 Å². The Balaban J connectivity index is 1.75. The van der Waals surface area contributed by atoms with Gasteiger partial charge in [-0.05, 0) is 23.8 Å². The van der Waals surface area contributed by atoms with Crippen molar-refractivity contribution < 1.29 is 14.3 Å². The minimum Gasteiger partial charge on any atom is -0.493 e. The molecule has 0 aliphatic carbocycles. The number of anilines is 1. The number of nitrogens with one attached hydrogen (secondary N) is 1. The normalized spacial score (nSPS) is 12.8. The lowest BCUT2D eigenvalue weighted by Crippen LogP contribution is -2.48. The number of amidine groups is 1. The zero-order valence-electron chi connectivity index (χ0n) is 15.9. The van der Waals surface area contributed by atoms with Crippen molar-refractivity contribution in [1.29, 1.82) is 0 Å². The van der Waals surface area contributed by atoms with Crippen molar-refractivity contribution in [3.63, 3.8) is 0 Å². The smallest absolute Gasteiger partial charge is 0.242 e. The molecule has 0 atom stereocenters. The maximum Gasteiger partial charge on any atom is 0.242 e. The largest absolute Gasteiger partial charge is 0.493 e. The highest BCUT2D eigenvalue weighted by molar-refractivity contribution is 6.10. The van der Waals surface area contributed by atoms with E-state index in [4.69, 9.17) is 14.5 Å². The molecule has 0 bridgehead atoms. The molecule has 1 aliphatic rings. The number of fused-ring (bicyclic) bond motifs is 3. The van der Waals surface area contributed by atoms with Crippen LogP contribution in [-0.2, 0) is 11.2 Å². The number of nitrogens with zero attached hydrogens (tertiary/aromatic N) is 3. The van der Waals surface area contributed by atoms with Crippen LogP contribution < -0.4 is 19.9 Å². The molecule has 0 fully saturated rings. The van der Waals surface area contributed by atoms with Gasteiger partial charge in [0, 0.05) is 18.7 Å². The molecule has 2 heterocycles. The van der Waals surface area contributed by atoms with Crippen LogP contribution in [-0.4, -0.2) is 30.9 Å². The first-order valence-electron chi connectivity index (χ1n) is 8.84. The third kappa shape index (κ3) is 3.11. The second-order valence-electron chi connectivity index (χ2n) is 6.40. The Kier molecular flexibility index (Phi) is 4.57. The maximum absolute atomic E-state index is 12.3. The number of para-hydroxylation sites is 1. The van der Waals surface area contributed by atoms with E-state index in [1.807, 2.05) is 42.5 Å². The zero-order chi connectivity index (χ0) is 19.7. The molecular weight excluding hydrogens is 356 g/mol. The summed E-state index contributed by atoms with van der Waals surface area (Å²) in [5, 5.41) is 2.40. The number of carbonyl (C=O) groups is 1. The first-order valence-corrected chi connectivity index (χ1v) is 8.84. The van der Waals surface area contributed by atoms with Crippen LogP contribution >= 0.6 is 0 Å². The van der Waals surface area contributed by atoms with Crippen molar-refractivity contribution >= 4 is 34.0 Å². The molecule has 2 aromatic carbocycles. The molecule has 1 amide bonds. The Morgan fingerprint density at radius 1 is 1.11 bits per heavy atom. The van der Waals surface area contributed by atoms with E-state index in [2.05, 4.69) is 10.4 Å². The highest BCUT2D eigenvalue weighted by atomic mass is 16.5. The van der Waals surface area contributed by atoms with Crippen LogP contribution in [0.1, 0.15) is 12.5 Å². The number of pyridine rings is 1. The summed E-state index contributed by atoms with van der Waals surface area (Å²) in [5.41, 5.74) is 6.31. The van der Waals surface area contributed by atoms with E-state index in [0.29, 0.717) is 35.1 Å². The fourth-order valence-electron chi connectivity index (χ4n) is 3.29. The predicted octanol–water partition coefficient (Wildman–Crippen LogP) is 3.40. The van der Waals surface area contributed by atoms with E-state index in [9.17, 15) is 4.79 Å². The summed E-state index contributed by atoms with van der Waals surface area (Å²) >= 11 is 0. The highest BCUT2D eigenvalue weighted by Gasteiger charge is 2.25. The van der Waals surface area contributed by atoms with Crippen molar-refractivity contribution in [2.45, 2.75) is 13.3 Å². The van der Waals surface area contributed by atoms with Crippen LogP contribution in [0.15, 0.2) is 53.7 Å². The molecule has 0 saturated carbocycles. The van der Waals surface area contributed by atoms with Crippen LogP contribution in [0.5, 0.6) is 11.5 Å². The summed E-state index contributed by atoms with van der Waals surface area (Å²) in [6.45, 7) is 1.52. The molecule has 0 saturated heterocycles. The van der Waals surface area contributed by atoms with Crippen LogP contribution in [0.3, 0.4) is 0 Å². The number of carbonyl (C=O) groups excluding carboxylic acids is 1. The van der Waals surface area contributed by atoms with Gasteiger partial charge in [0.2, 0.25) is 5.91 Å². The number of aliphatic imine (C=N–C) groups is 1. The second-order valence-corrected chi connectivity index (χ2v) is 6.40. The van der Waals surface area contributed by atoms with Crippen molar-refractivity contribution in [2.75, 3.05) is 19.2 Å². The first kappa shape index (κ1) is 17.8. The number of hydrazine groups is 1. The average Bonchev–Trinajstić information content (AvgIpc) is 2.72. The predicted molar refractivity (Wildman–Crippen MR) is 108 cm³/mol. The maximum atomic E-state index is 12.3. The topological polar surface area (TPSA) is 76.1 Å². The summed E-state index contributed by atoms with van der Waals surface area (Å²) < 4.78 is 10.7. The summed E-state index contributed by atoms with van der Waals surface area (Å²) in [7, 11) is 3.20. The van der Waals surface area contributed by atoms with Gasteiger partial charge in [-0.2, -0.15) is 0 Å². The lowest BCUT2D eigenvalue weighted by molar-refractivity contribution is -0.117. The van der Waals surface area contributed by atoms with E-state index in [0.717, 1.165) is 16.5 Å². The van der Waals surface area contributed by atoms with Crippen LogP contribution in [0.4, 0.5) is 11.4 Å². The van der Waals surface area contributed by atoms with Crippen LogP contribution in [0, 0.1) is 0 Å². The lowest BCUT2D eigenvalue weighted by Gasteiger charge is -2.30. The van der Waals surface area contributed by atoms with Crippen molar-refractivity contribution in [3.8, 4) is 11.5 Å². The molecule has 1 N–H and O–H groups in total. The van der Waals surface area contributed by atoms with E-state index >= 15 is 0 Å². The standard InChI is InChI=1S/C21H20N4O3/c1-13(26)25-21-15-6-4-5-7-16(15)22-12-17(21)23-20(24-25)11-14-8-9-18(27-2)19(10-14)28-3/h4-10,12H,11H2,1-3H3,(H,23,24). The Morgan fingerprint density at radius 2 is 1.89 bits per heavy atom. The molecule has 1 aliphatic heterocycles. The van der Waals surface area contributed by atoms with Gasteiger partial charge in [0.25, 0.3) is 0 Å². The average molecular weight is 376 g/mol. The van der Waals surface area contributed by atoms with E-state index in [1.165, 1.54) is 11.9 Å². The molecule has 142 valence electrons. The Labute approximate surface area is 162 Å². The number of hydrogen-bond acceptors (Lipinski definition) is 6. The fraction of sp³-hybridized carbons (Fsp3) is 0.190. The molecule has 0 unspecified atom stereocenters. The van der Waals surface area contributed by atoms with Crippen molar-refractivity contribution in [3.05, 3.63) is 54.2 Å². The Bertz CT molecular complexity index is 1090. The van der Waals surface area contributed by atoms with Gasteiger partial charge in [0.1, 0.15) is 17.2 Å². The monoisotopic (exact) mass is 376 g/mol. The number of aromatic nitrogens is 1. The highest BCUT2D eigenvalue weighted by Crippen LogP contribution is 2.37.